The summed E-state index contributed by atoms with van der Waals surface area (Å²) in [6.45, 7) is 1.11. The van der Waals surface area contributed by atoms with Crippen molar-refractivity contribution in [2.75, 3.05) is 13.2 Å². The maximum Gasteiger partial charge on any atom is 0.162 e. The van der Waals surface area contributed by atoms with Crippen LogP contribution < -0.4 is 9.47 Å². The molecule has 0 bridgehead atoms. The first-order valence-electron chi connectivity index (χ1n) is 9.87. The van der Waals surface area contributed by atoms with Crippen LogP contribution in [0.1, 0.15) is 24.3 Å². The molecule has 1 aliphatic heterocycles. The summed E-state index contributed by atoms with van der Waals surface area (Å²) in [4.78, 5) is 13.3. The molecule has 6 nitrogen and oxygen atoms in total. The molecule has 0 amide bonds. The Kier molecular flexibility index (Phi) is 4.06. The van der Waals surface area contributed by atoms with E-state index in [2.05, 4.69) is 15.0 Å². The number of benzene rings is 1. The lowest BCUT2D eigenvalue weighted by Crippen LogP contribution is -2.33. The zero-order valence-corrected chi connectivity index (χ0v) is 17.5. The van der Waals surface area contributed by atoms with E-state index in [1.54, 1.807) is 12.4 Å². The number of aliphatic hydroxyl groups is 1. The minimum absolute atomic E-state index is 0.546. The van der Waals surface area contributed by atoms with Crippen molar-refractivity contribution in [3.05, 3.63) is 46.7 Å². The van der Waals surface area contributed by atoms with Gasteiger partial charge in [-0.25, -0.2) is 9.97 Å². The molecular weight excluding hydrogens is 422 g/mol. The molecule has 1 aromatic carbocycles. The molecule has 0 atom stereocenters. The Labute approximate surface area is 181 Å². The number of thiazole rings is 1. The normalized spacial score (nSPS) is 17.1. The molecule has 1 saturated carbocycles. The summed E-state index contributed by atoms with van der Waals surface area (Å²) in [7, 11) is 0. The van der Waals surface area contributed by atoms with Crippen LogP contribution in [0.2, 0.25) is 5.02 Å². The van der Waals surface area contributed by atoms with Gasteiger partial charge in [-0.1, -0.05) is 11.6 Å². The average molecular weight is 440 g/mol. The highest BCUT2D eigenvalue weighted by molar-refractivity contribution is 7.15. The molecule has 2 aliphatic rings. The predicted molar refractivity (Wildman–Crippen MR) is 116 cm³/mol. The van der Waals surface area contributed by atoms with Crippen LogP contribution in [-0.4, -0.2) is 33.3 Å². The van der Waals surface area contributed by atoms with E-state index >= 15 is 0 Å². The molecule has 152 valence electrons. The van der Waals surface area contributed by atoms with Crippen molar-refractivity contribution in [3.63, 3.8) is 0 Å². The van der Waals surface area contributed by atoms with Gasteiger partial charge >= 0.3 is 0 Å². The van der Waals surface area contributed by atoms with Gasteiger partial charge in [0.1, 0.15) is 29.5 Å². The molecule has 1 fully saturated rings. The van der Waals surface area contributed by atoms with Gasteiger partial charge in [-0.3, -0.25) is 0 Å². The van der Waals surface area contributed by atoms with E-state index in [-0.39, 0.29) is 0 Å². The summed E-state index contributed by atoms with van der Waals surface area (Å²) in [5.74, 6) is 1.50. The second-order valence-corrected chi connectivity index (χ2v) is 9.14. The molecule has 0 radical (unpaired) electrons. The fourth-order valence-corrected chi connectivity index (χ4v) is 5.44. The highest BCUT2D eigenvalue weighted by Gasteiger charge is 2.39. The Morgan fingerprint density at radius 2 is 1.90 bits per heavy atom. The van der Waals surface area contributed by atoms with Crippen LogP contribution in [-0.2, 0) is 5.60 Å². The average Bonchev–Trinajstić information content (AvgIpc) is 3.39. The number of hydrogen-bond acceptors (Lipinski definition) is 6. The molecule has 8 heteroatoms. The standard InChI is InChI=1S/C22H18ClN3O3S/c23-14-10-24-20-13(19(14)18-11-25-21(30-18)22(27)4-1-5-22)9-15(26-20)12-2-3-16-17(8-12)29-7-6-28-16/h2-3,8-11,27H,1,4-7H2,(H,24,26). The molecule has 4 heterocycles. The largest absolute Gasteiger partial charge is 0.486 e. The molecule has 6 rings (SSSR count). The number of fused-ring (bicyclic) bond motifs is 2. The molecule has 1 aliphatic carbocycles. The van der Waals surface area contributed by atoms with Gasteiger partial charge in [0.2, 0.25) is 0 Å². The zero-order chi connectivity index (χ0) is 20.3. The van der Waals surface area contributed by atoms with Crippen molar-refractivity contribution < 1.29 is 14.6 Å². The van der Waals surface area contributed by atoms with E-state index in [9.17, 15) is 5.11 Å². The van der Waals surface area contributed by atoms with Gasteiger partial charge in [-0.2, -0.15) is 0 Å². The SMILES string of the molecule is OC1(c2ncc(-c3c(Cl)cnc4[nH]c(-c5ccc6c(c5)OCCO6)cc34)s2)CCC1. The van der Waals surface area contributed by atoms with Crippen molar-refractivity contribution in [1.29, 1.82) is 0 Å². The lowest BCUT2D eigenvalue weighted by Gasteiger charge is -2.34. The fourth-order valence-electron chi connectivity index (χ4n) is 4.00. The lowest BCUT2D eigenvalue weighted by molar-refractivity contribution is -0.0389. The van der Waals surface area contributed by atoms with Crippen molar-refractivity contribution in [2.24, 2.45) is 0 Å². The molecule has 2 N–H and O–H groups in total. The summed E-state index contributed by atoms with van der Waals surface area (Å²) in [6.07, 6.45) is 6.01. The van der Waals surface area contributed by atoms with E-state index < -0.39 is 5.60 Å². The number of aromatic nitrogens is 3. The van der Waals surface area contributed by atoms with Crippen molar-refractivity contribution in [3.8, 4) is 33.2 Å². The van der Waals surface area contributed by atoms with Gasteiger partial charge in [-0.15, -0.1) is 11.3 Å². The molecule has 0 saturated heterocycles. The summed E-state index contributed by atoms with van der Waals surface area (Å²) >= 11 is 8.06. The number of pyridine rings is 1. The first-order chi connectivity index (χ1) is 14.6. The highest BCUT2D eigenvalue weighted by atomic mass is 35.5. The van der Waals surface area contributed by atoms with E-state index in [1.165, 1.54) is 11.3 Å². The molecule has 0 unspecified atom stereocenters. The third-order valence-electron chi connectivity index (χ3n) is 5.80. The lowest BCUT2D eigenvalue weighted by atomic mass is 9.81. The van der Waals surface area contributed by atoms with E-state index in [0.29, 0.717) is 18.2 Å². The highest BCUT2D eigenvalue weighted by Crippen LogP contribution is 2.46. The van der Waals surface area contributed by atoms with Gasteiger partial charge < -0.3 is 19.6 Å². The van der Waals surface area contributed by atoms with Crippen LogP contribution in [0.15, 0.2) is 36.7 Å². The Bertz CT molecular complexity index is 1280. The Balaban J connectivity index is 1.45. The second kappa shape index (κ2) is 6.70. The third kappa shape index (κ3) is 2.80. The second-order valence-electron chi connectivity index (χ2n) is 7.70. The quantitative estimate of drug-likeness (QED) is 0.461. The van der Waals surface area contributed by atoms with Crippen LogP contribution >= 0.6 is 22.9 Å². The minimum Gasteiger partial charge on any atom is -0.486 e. The number of nitrogens with one attached hydrogen (secondary N) is 1. The Morgan fingerprint density at radius 1 is 1.07 bits per heavy atom. The maximum atomic E-state index is 10.6. The topological polar surface area (TPSA) is 80.3 Å². The minimum atomic E-state index is -0.782. The van der Waals surface area contributed by atoms with Crippen molar-refractivity contribution in [2.45, 2.75) is 24.9 Å². The Hall–Kier alpha value is -2.61. The van der Waals surface area contributed by atoms with Crippen LogP contribution in [0.4, 0.5) is 0 Å². The zero-order valence-electron chi connectivity index (χ0n) is 15.9. The number of aromatic amines is 1. The number of ether oxygens (including phenoxy) is 2. The predicted octanol–water partition coefficient (Wildman–Crippen LogP) is 5.15. The smallest absolute Gasteiger partial charge is 0.162 e. The summed E-state index contributed by atoms with van der Waals surface area (Å²) in [6, 6.07) is 7.94. The summed E-state index contributed by atoms with van der Waals surface area (Å²) in [5, 5.41) is 12.9. The number of rotatable bonds is 3. The number of hydrogen-bond donors (Lipinski definition) is 2. The van der Waals surface area contributed by atoms with Gasteiger partial charge in [0.05, 0.1) is 9.90 Å². The van der Waals surface area contributed by atoms with Crippen molar-refractivity contribution >= 4 is 34.0 Å². The van der Waals surface area contributed by atoms with E-state index in [1.807, 2.05) is 24.3 Å². The summed E-state index contributed by atoms with van der Waals surface area (Å²) in [5.41, 5.74) is 2.74. The number of nitrogens with zero attached hydrogens (tertiary/aromatic N) is 2. The van der Waals surface area contributed by atoms with Gasteiger partial charge in [0.15, 0.2) is 11.5 Å². The molecule has 3 aromatic heterocycles. The number of halogens is 1. The van der Waals surface area contributed by atoms with Crippen LogP contribution in [0.3, 0.4) is 0 Å². The fraction of sp³-hybridized carbons (Fsp3) is 0.273. The van der Waals surface area contributed by atoms with Gasteiger partial charge in [0.25, 0.3) is 0 Å². The van der Waals surface area contributed by atoms with Crippen LogP contribution in [0.25, 0.3) is 32.7 Å². The van der Waals surface area contributed by atoms with Crippen LogP contribution in [0.5, 0.6) is 11.5 Å². The monoisotopic (exact) mass is 439 g/mol. The first-order valence-corrected chi connectivity index (χ1v) is 11.1. The van der Waals surface area contributed by atoms with Crippen LogP contribution in [0, 0.1) is 0 Å². The maximum absolute atomic E-state index is 10.6. The van der Waals surface area contributed by atoms with E-state index in [0.717, 1.165) is 68.5 Å². The third-order valence-corrected chi connectivity index (χ3v) is 7.29. The molecule has 30 heavy (non-hydrogen) atoms. The summed E-state index contributed by atoms with van der Waals surface area (Å²) < 4.78 is 11.3. The molecular formula is C22H18ClN3O3S. The molecule has 0 spiro atoms. The van der Waals surface area contributed by atoms with Crippen molar-refractivity contribution in [1.82, 2.24) is 15.0 Å². The first kappa shape index (κ1) is 18.2. The van der Waals surface area contributed by atoms with Gasteiger partial charge in [-0.05, 0) is 43.5 Å². The Morgan fingerprint density at radius 3 is 2.70 bits per heavy atom. The van der Waals surface area contributed by atoms with E-state index in [4.69, 9.17) is 21.1 Å². The number of H-pyrrole nitrogens is 1. The molecule has 4 aromatic rings. The van der Waals surface area contributed by atoms with Gasteiger partial charge in [0, 0.05) is 34.6 Å².